The van der Waals surface area contributed by atoms with E-state index in [4.69, 9.17) is 9.47 Å². The molecule has 0 aliphatic rings. The molecule has 0 aliphatic carbocycles. The third-order valence-corrected chi connectivity index (χ3v) is 4.34. The van der Waals surface area contributed by atoms with Crippen LogP contribution in [0.5, 0.6) is 11.5 Å². The lowest BCUT2D eigenvalue weighted by molar-refractivity contribution is -0.129. The van der Waals surface area contributed by atoms with Crippen molar-refractivity contribution in [2.24, 2.45) is 0 Å². The minimum atomic E-state index is 0.0580. The van der Waals surface area contributed by atoms with Crippen molar-refractivity contribution in [2.75, 3.05) is 21.3 Å². The summed E-state index contributed by atoms with van der Waals surface area (Å²) in [6.45, 7) is 0.481. The summed E-state index contributed by atoms with van der Waals surface area (Å²) in [5.41, 5.74) is 3.00. The minimum absolute atomic E-state index is 0.0580. The highest BCUT2D eigenvalue weighted by Crippen LogP contribution is 2.26. The molecule has 1 heterocycles. The van der Waals surface area contributed by atoms with Gasteiger partial charge in [-0.1, -0.05) is 18.2 Å². The number of aromatic amines is 1. The van der Waals surface area contributed by atoms with Gasteiger partial charge in [-0.2, -0.15) is 0 Å². The number of ether oxygens (including phenoxy) is 2. The fourth-order valence-corrected chi connectivity index (χ4v) is 2.90. The molecule has 0 aliphatic heterocycles. The first-order valence-electron chi connectivity index (χ1n) is 8.12. The number of fused-ring (bicyclic) bond motifs is 1. The van der Waals surface area contributed by atoms with Gasteiger partial charge in [-0.15, -0.1) is 0 Å². The third-order valence-electron chi connectivity index (χ3n) is 4.34. The predicted molar refractivity (Wildman–Crippen MR) is 98.0 cm³/mol. The summed E-state index contributed by atoms with van der Waals surface area (Å²) in [5.74, 6) is 1.50. The fraction of sp³-hybridized carbons (Fsp3) is 0.250. The Bertz CT molecular complexity index is 886. The van der Waals surface area contributed by atoms with E-state index in [0.29, 0.717) is 18.7 Å². The molecular weight excluding hydrogens is 316 g/mol. The Labute approximate surface area is 147 Å². The predicted octanol–water partition coefficient (Wildman–Crippen LogP) is 3.39. The van der Waals surface area contributed by atoms with Crippen molar-refractivity contribution in [3.05, 3.63) is 59.8 Å². The molecule has 0 unspecified atom stereocenters. The molecule has 25 heavy (non-hydrogen) atoms. The zero-order chi connectivity index (χ0) is 17.8. The lowest BCUT2D eigenvalue weighted by atomic mass is 10.1. The molecule has 1 aromatic heterocycles. The zero-order valence-corrected chi connectivity index (χ0v) is 14.7. The van der Waals surface area contributed by atoms with Gasteiger partial charge >= 0.3 is 0 Å². The average Bonchev–Trinajstić information content (AvgIpc) is 3.05. The maximum atomic E-state index is 12.6. The van der Waals surface area contributed by atoms with Crippen LogP contribution in [0.4, 0.5) is 0 Å². The largest absolute Gasteiger partial charge is 0.497 e. The number of hydrogen-bond acceptors (Lipinski definition) is 3. The number of carbonyl (C=O) groups is 1. The Morgan fingerprint density at radius 3 is 2.64 bits per heavy atom. The molecule has 0 atom stereocenters. The van der Waals surface area contributed by atoms with Crippen LogP contribution in [0, 0.1) is 0 Å². The molecule has 0 radical (unpaired) electrons. The Kier molecular flexibility index (Phi) is 4.93. The van der Waals surface area contributed by atoms with Crippen LogP contribution in [-0.4, -0.2) is 37.1 Å². The van der Waals surface area contributed by atoms with Crippen LogP contribution in [0.15, 0.2) is 48.7 Å². The summed E-state index contributed by atoms with van der Waals surface area (Å²) >= 11 is 0. The summed E-state index contributed by atoms with van der Waals surface area (Å²) in [7, 11) is 5.04. The second kappa shape index (κ2) is 7.30. The molecule has 0 saturated heterocycles. The van der Waals surface area contributed by atoms with Crippen LogP contribution in [0.1, 0.15) is 11.1 Å². The Balaban J connectivity index is 1.73. The van der Waals surface area contributed by atoms with E-state index < -0.39 is 0 Å². The first kappa shape index (κ1) is 16.9. The maximum Gasteiger partial charge on any atom is 0.227 e. The van der Waals surface area contributed by atoms with Gasteiger partial charge in [0.15, 0.2) is 0 Å². The number of H-pyrrole nitrogens is 1. The van der Waals surface area contributed by atoms with Gasteiger partial charge in [0, 0.05) is 42.3 Å². The smallest absolute Gasteiger partial charge is 0.227 e. The molecule has 0 bridgehead atoms. The molecule has 1 N–H and O–H groups in total. The number of benzene rings is 2. The van der Waals surface area contributed by atoms with Gasteiger partial charge in [0.25, 0.3) is 0 Å². The lowest BCUT2D eigenvalue weighted by Crippen LogP contribution is -2.27. The highest BCUT2D eigenvalue weighted by Gasteiger charge is 2.15. The number of nitrogens with one attached hydrogen (secondary N) is 1. The van der Waals surface area contributed by atoms with Crippen LogP contribution in [0.2, 0.25) is 0 Å². The second-order valence-electron chi connectivity index (χ2n) is 5.96. The molecule has 0 saturated carbocycles. The van der Waals surface area contributed by atoms with Crippen molar-refractivity contribution in [3.8, 4) is 11.5 Å². The second-order valence-corrected chi connectivity index (χ2v) is 5.96. The molecule has 1 amide bonds. The highest BCUT2D eigenvalue weighted by molar-refractivity contribution is 5.88. The Morgan fingerprint density at radius 2 is 1.88 bits per heavy atom. The van der Waals surface area contributed by atoms with E-state index in [9.17, 15) is 4.79 Å². The quantitative estimate of drug-likeness (QED) is 0.749. The van der Waals surface area contributed by atoms with Crippen LogP contribution >= 0.6 is 0 Å². The number of rotatable bonds is 6. The van der Waals surface area contributed by atoms with Crippen LogP contribution in [0.3, 0.4) is 0 Å². The van der Waals surface area contributed by atoms with E-state index in [-0.39, 0.29) is 5.91 Å². The molecule has 3 rings (SSSR count). The Morgan fingerprint density at radius 1 is 1.08 bits per heavy atom. The first-order valence-corrected chi connectivity index (χ1v) is 8.12. The standard InChI is InChI=1S/C20H22N2O3/c1-22(13-14-8-9-16(24-2)11-19(14)25-3)20(23)10-15-12-21-18-7-5-4-6-17(15)18/h4-9,11-12,21H,10,13H2,1-3H3. The number of hydrogen-bond donors (Lipinski definition) is 1. The van der Waals surface area contributed by atoms with E-state index in [1.165, 1.54) is 0 Å². The summed E-state index contributed by atoms with van der Waals surface area (Å²) in [5, 5.41) is 1.09. The number of para-hydroxylation sites is 1. The lowest BCUT2D eigenvalue weighted by Gasteiger charge is -2.19. The number of aromatic nitrogens is 1. The van der Waals surface area contributed by atoms with Crippen molar-refractivity contribution in [1.82, 2.24) is 9.88 Å². The van der Waals surface area contributed by atoms with Gasteiger partial charge < -0.3 is 19.4 Å². The van der Waals surface area contributed by atoms with Crippen LogP contribution in [0.25, 0.3) is 10.9 Å². The molecule has 2 aromatic carbocycles. The van der Waals surface area contributed by atoms with Crippen molar-refractivity contribution < 1.29 is 14.3 Å². The van der Waals surface area contributed by atoms with E-state index in [1.54, 1.807) is 26.2 Å². The fourth-order valence-electron chi connectivity index (χ4n) is 2.90. The molecule has 0 fully saturated rings. The maximum absolute atomic E-state index is 12.6. The van der Waals surface area contributed by atoms with Crippen molar-refractivity contribution in [1.29, 1.82) is 0 Å². The molecule has 5 heteroatoms. The summed E-state index contributed by atoms with van der Waals surface area (Å²) in [6, 6.07) is 13.6. The highest BCUT2D eigenvalue weighted by atomic mass is 16.5. The van der Waals surface area contributed by atoms with Gasteiger partial charge in [0.2, 0.25) is 5.91 Å². The minimum Gasteiger partial charge on any atom is -0.497 e. The number of likely N-dealkylation sites (N-methyl/N-ethyl adjacent to an activating group) is 1. The normalized spacial score (nSPS) is 10.7. The number of carbonyl (C=O) groups excluding carboxylic acids is 1. The van der Waals surface area contributed by atoms with Crippen molar-refractivity contribution in [3.63, 3.8) is 0 Å². The van der Waals surface area contributed by atoms with E-state index in [1.807, 2.05) is 48.7 Å². The number of nitrogens with zero attached hydrogens (tertiary/aromatic N) is 1. The topological polar surface area (TPSA) is 54.6 Å². The number of methoxy groups -OCH3 is 2. The average molecular weight is 338 g/mol. The van der Waals surface area contributed by atoms with Gasteiger partial charge in [-0.05, 0) is 23.8 Å². The van der Waals surface area contributed by atoms with Crippen LogP contribution < -0.4 is 9.47 Å². The van der Waals surface area contributed by atoms with E-state index >= 15 is 0 Å². The zero-order valence-electron chi connectivity index (χ0n) is 14.7. The van der Waals surface area contributed by atoms with Crippen molar-refractivity contribution in [2.45, 2.75) is 13.0 Å². The van der Waals surface area contributed by atoms with Gasteiger partial charge in [0.1, 0.15) is 11.5 Å². The molecule has 130 valence electrons. The summed E-state index contributed by atoms with van der Waals surface area (Å²) in [6.07, 6.45) is 2.27. The van der Waals surface area contributed by atoms with Crippen LogP contribution in [-0.2, 0) is 17.8 Å². The third kappa shape index (κ3) is 3.60. The Hall–Kier alpha value is -2.95. The van der Waals surface area contributed by atoms with Crippen molar-refractivity contribution >= 4 is 16.8 Å². The number of amides is 1. The molecule has 5 nitrogen and oxygen atoms in total. The first-order chi connectivity index (χ1) is 12.1. The van der Waals surface area contributed by atoms with Gasteiger partial charge in [-0.25, -0.2) is 0 Å². The molecule has 3 aromatic rings. The van der Waals surface area contributed by atoms with E-state index in [0.717, 1.165) is 27.8 Å². The summed E-state index contributed by atoms with van der Waals surface area (Å²) in [4.78, 5) is 17.6. The van der Waals surface area contributed by atoms with Gasteiger partial charge in [-0.3, -0.25) is 4.79 Å². The molecular formula is C20H22N2O3. The monoisotopic (exact) mass is 338 g/mol. The SMILES string of the molecule is COc1ccc(CN(C)C(=O)Cc2c[nH]c3ccccc23)c(OC)c1. The summed E-state index contributed by atoms with van der Waals surface area (Å²) < 4.78 is 10.6. The van der Waals surface area contributed by atoms with Gasteiger partial charge in [0.05, 0.1) is 20.6 Å². The molecule has 0 spiro atoms. The van der Waals surface area contributed by atoms with E-state index in [2.05, 4.69) is 4.98 Å².